The number of nitrogens with one attached hydrogen (secondary N) is 1. The molecule has 3 nitrogen and oxygen atoms in total. The summed E-state index contributed by atoms with van der Waals surface area (Å²) in [4.78, 5) is 15.0. The predicted octanol–water partition coefficient (Wildman–Crippen LogP) is 3.01. The van der Waals surface area contributed by atoms with Crippen molar-refractivity contribution in [1.29, 1.82) is 0 Å². The lowest BCUT2D eigenvalue weighted by atomic mass is 10.0. The van der Waals surface area contributed by atoms with E-state index in [1.807, 2.05) is 0 Å². The number of rotatable bonds is 4. The number of methoxy groups -OCH3 is 1. The lowest BCUT2D eigenvalue weighted by Gasteiger charge is -2.40. The number of carbonyl (C=O) groups excluding carboxylic acids is 1. The van der Waals surface area contributed by atoms with Gasteiger partial charge in [0.25, 0.3) is 0 Å². The van der Waals surface area contributed by atoms with E-state index in [1.165, 1.54) is 16.7 Å². The van der Waals surface area contributed by atoms with Crippen molar-refractivity contribution in [3.05, 3.63) is 22.8 Å². The van der Waals surface area contributed by atoms with E-state index in [1.54, 1.807) is 7.11 Å². The van der Waals surface area contributed by atoms with Gasteiger partial charge < -0.3 is 9.72 Å². The van der Waals surface area contributed by atoms with Gasteiger partial charge in [0.15, 0.2) is 8.24 Å². The number of hydrogen-bond donors (Lipinski definition) is 1. The topological polar surface area (TPSA) is 38.3 Å². The summed E-state index contributed by atoms with van der Waals surface area (Å²) < 4.78 is 4.90. The van der Waals surface area contributed by atoms with Crippen LogP contribution < -0.4 is 4.98 Å². The van der Waals surface area contributed by atoms with Gasteiger partial charge in [0.1, 0.15) is 6.61 Å². The molecular weight excluding hydrogens is 242 g/mol. The van der Waals surface area contributed by atoms with E-state index in [2.05, 4.69) is 51.8 Å². The highest BCUT2D eigenvalue weighted by Gasteiger charge is 2.47. The third-order valence-corrected chi connectivity index (χ3v) is 8.48. The summed E-state index contributed by atoms with van der Waals surface area (Å²) in [6, 6.07) is 0. The van der Waals surface area contributed by atoms with Crippen LogP contribution in [0.25, 0.3) is 0 Å². The summed E-state index contributed by atoms with van der Waals surface area (Å²) in [5.41, 5.74) is 4.07. The zero-order valence-electron chi connectivity index (χ0n) is 12.6. The largest absolute Gasteiger partial charge is 0.379 e. The fraction of sp³-hybridized carbons (Fsp3) is 0.643. The maximum Gasteiger partial charge on any atom is 0.238 e. The summed E-state index contributed by atoms with van der Waals surface area (Å²) >= 11 is 0. The van der Waals surface area contributed by atoms with Gasteiger partial charge in [-0.3, -0.25) is 4.79 Å². The van der Waals surface area contributed by atoms with Crippen molar-refractivity contribution in [2.24, 2.45) is 0 Å². The molecule has 0 bridgehead atoms. The molecule has 0 aromatic carbocycles. The van der Waals surface area contributed by atoms with Crippen LogP contribution in [-0.4, -0.2) is 27.9 Å². The van der Waals surface area contributed by atoms with Gasteiger partial charge in [0, 0.05) is 12.1 Å². The van der Waals surface area contributed by atoms with Gasteiger partial charge in [-0.25, -0.2) is 0 Å². The Hall–Kier alpha value is -0.873. The number of hydrogen-bond acceptors (Lipinski definition) is 2. The van der Waals surface area contributed by atoms with Crippen molar-refractivity contribution in [2.75, 3.05) is 13.7 Å². The van der Waals surface area contributed by atoms with Crippen LogP contribution in [0.2, 0.25) is 18.1 Å². The number of amides is 1. The number of ether oxygens (including phenoxy) is 1. The van der Waals surface area contributed by atoms with E-state index in [0.29, 0.717) is 0 Å². The molecule has 0 spiro atoms. The van der Waals surface area contributed by atoms with Crippen LogP contribution >= 0.6 is 0 Å². The van der Waals surface area contributed by atoms with Crippen molar-refractivity contribution in [3.8, 4) is 0 Å². The quantitative estimate of drug-likeness (QED) is 0.795. The molecule has 1 rings (SSSR count). The van der Waals surface area contributed by atoms with Crippen LogP contribution in [0.3, 0.4) is 0 Å². The molecule has 0 aliphatic heterocycles. The molecule has 0 saturated carbocycles. The van der Waals surface area contributed by atoms with Gasteiger partial charge in [-0.1, -0.05) is 37.2 Å². The molecule has 1 atom stereocenters. The molecule has 0 fully saturated rings. The van der Waals surface area contributed by atoms with Gasteiger partial charge in [0.2, 0.25) is 5.91 Å². The monoisotopic (exact) mass is 267 g/mol. The van der Waals surface area contributed by atoms with E-state index in [4.69, 9.17) is 4.74 Å². The fourth-order valence-electron chi connectivity index (χ4n) is 2.63. The lowest BCUT2D eigenvalue weighted by Crippen LogP contribution is -2.56. The Morgan fingerprint density at radius 2 is 1.94 bits per heavy atom. The van der Waals surface area contributed by atoms with Gasteiger partial charge in [-0.05, 0) is 26.3 Å². The Kier molecular flexibility index (Phi) is 4.23. The Bertz CT molecular complexity index is 424. The molecule has 1 aliphatic rings. The third-order valence-electron chi connectivity index (χ3n) is 4.46. The minimum Gasteiger partial charge on any atom is -0.379 e. The number of carbonyl (C=O) groups is 1. The molecule has 0 heterocycles. The molecule has 1 unspecified atom stereocenters. The maximum absolute atomic E-state index is 11.8. The third kappa shape index (κ3) is 2.45. The molecule has 18 heavy (non-hydrogen) atoms. The molecule has 1 amide bonds. The van der Waals surface area contributed by atoms with Crippen LogP contribution in [0.1, 0.15) is 27.7 Å². The number of allylic oxidation sites excluding steroid dienone is 4. The molecule has 0 aromatic rings. The van der Waals surface area contributed by atoms with Crippen molar-refractivity contribution >= 4 is 14.1 Å². The Balaban J connectivity index is 3.02. The summed E-state index contributed by atoms with van der Waals surface area (Å²) in [6.07, 6.45) is 2.32. The molecular formula is C14H25NO2Si. The molecule has 1 N–H and O–H groups in total. The van der Waals surface area contributed by atoms with Crippen molar-refractivity contribution in [3.63, 3.8) is 0 Å². The van der Waals surface area contributed by atoms with E-state index < -0.39 is 8.24 Å². The Morgan fingerprint density at radius 1 is 1.39 bits per heavy atom. The smallest absolute Gasteiger partial charge is 0.238 e. The van der Waals surface area contributed by atoms with Crippen LogP contribution in [0.5, 0.6) is 0 Å². The Labute approximate surface area is 111 Å². The van der Waals surface area contributed by atoms with Gasteiger partial charge in [-0.2, -0.15) is 0 Å². The summed E-state index contributed by atoms with van der Waals surface area (Å²) in [6.45, 7) is 13.3. The average Bonchev–Trinajstić information content (AvgIpc) is 2.44. The Morgan fingerprint density at radius 3 is 2.33 bits per heavy atom. The van der Waals surface area contributed by atoms with Crippen LogP contribution in [0.15, 0.2) is 22.8 Å². The van der Waals surface area contributed by atoms with Crippen LogP contribution in [0, 0.1) is 0 Å². The maximum atomic E-state index is 11.8. The molecule has 0 radical (unpaired) electrons. The highest BCUT2D eigenvalue weighted by atomic mass is 28.3. The second kappa shape index (κ2) is 5.01. The highest BCUT2D eigenvalue weighted by molar-refractivity contribution is 6.81. The van der Waals surface area contributed by atoms with Gasteiger partial charge in [-0.15, -0.1) is 0 Å². The zero-order valence-corrected chi connectivity index (χ0v) is 13.6. The first kappa shape index (κ1) is 15.2. The summed E-state index contributed by atoms with van der Waals surface area (Å²) in [7, 11) is -0.409. The first-order chi connectivity index (χ1) is 8.15. The summed E-state index contributed by atoms with van der Waals surface area (Å²) in [5.74, 6) is -0.0150. The van der Waals surface area contributed by atoms with Crippen LogP contribution in [0.4, 0.5) is 0 Å². The zero-order chi connectivity index (χ0) is 14.1. The second-order valence-corrected chi connectivity index (χ2v) is 10.4. The highest BCUT2D eigenvalue weighted by Crippen LogP contribution is 2.52. The molecule has 0 aromatic heterocycles. The normalized spacial score (nSPS) is 24.3. The van der Waals surface area contributed by atoms with Crippen molar-refractivity contribution < 1.29 is 9.53 Å². The molecule has 0 saturated heterocycles. The van der Waals surface area contributed by atoms with E-state index in [-0.39, 0.29) is 17.6 Å². The van der Waals surface area contributed by atoms with Crippen molar-refractivity contribution in [2.45, 2.75) is 45.8 Å². The molecule has 4 heteroatoms. The van der Waals surface area contributed by atoms with E-state index in [0.717, 1.165) is 0 Å². The van der Waals surface area contributed by atoms with E-state index >= 15 is 0 Å². The predicted molar refractivity (Wildman–Crippen MR) is 78.0 cm³/mol. The van der Waals surface area contributed by atoms with Crippen molar-refractivity contribution in [1.82, 2.24) is 4.98 Å². The first-order valence-electron chi connectivity index (χ1n) is 6.33. The van der Waals surface area contributed by atoms with Gasteiger partial charge in [0.05, 0.1) is 0 Å². The fourth-order valence-corrected chi connectivity index (χ4v) is 5.36. The average molecular weight is 267 g/mol. The van der Waals surface area contributed by atoms with E-state index in [9.17, 15) is 4.79 Å². The summed E-state index contributed by atoms with van der Waals surface area (Å²) in [5, 5.41) is -0.00936. The molecule has 1 aliphatic carbocycles. The standard InChI is InChI=1S/C14H25NO2Si/c1-10-8-14(4,12(3)11(10)2)18(6,7)15-13(16)9-17-5/h8H,9H2,1-7H3,(H,15,16). The van der Waals surface area contributed by atoms with Gasteiger partial charge >= 0.3 is 0 Å². The second-order valence-electron chi connectivity index (χ2n) is 5.89. The first-order valence-corrected chi connectivity index (χ1v) is 9.33. The minimum absolute atomic E-state index is 0.00936. The molecule has 102 valence electrons. The van der Waals surface area contributed by atoms with Crippen LogP contribution in [-0.2, 0) is 9.53 Å². The lowest BCUT2D eigenvalue weighted by molar-refractivity contribution is -0.123. The minimum atomic E-state index is -1.96. The SMILES string of the molecule is COCC(=O)N[Si](C)(C)C1(C)C=C(C)C(C)=C1C.